The van der Waals surface area contributed by atoms with Crippen molar-refractivity contribution in [3.63, 3.8) is 0 Å². The zero-order chi connectivity index (χ0) is 13.6. The van der Waals surface area contributed by atoms with Gasteiger partial charge in [0.05, 0.1) is 0 Å². The third-order valence-corrected chi connectivity index (χ3v) is 3.17. The molecule has 1 aromatic carbocycles. The molecule has 2 aromatic rings. The largest absolute Gasteiger partial charge is 0.293 e. The highest BCUT2D eigenvalue weighted by atomic mass is 16.2. The average Bonchev–Trinajstić information content (AvgIpc) is 2.72. The summed E-state index contributed by atoms with van der Waals surface area (Å²) < 4.78 is 1.16. The van der Waals surface area contributed by atoms with E-state index in [0.29, 0.717) is 11.4 Å². The number of amides is 1. The number of fused-ring (bicyclic) bond motifs is 1. The highest BCUT2D eigenvalue weighted by molar-refractivity contribution is 6.15. The minimum absolute atomic E-state index is 0.192. The van der Waals surface area contributed by atoms with Gasteiger partial charge < -0.3 is 0 Å². The van der Waals surface area contributed by atoms with Crippen molar-refractivity contribution in [1.29, 1.82) is 0 Å². The standard InChI is InChI=1S/C13H12N4O2/c1-7-5-3-4-6-9(7)10-11(18)15-13-14-8(2)16-17(13)12(10)19/h3-6,10H,1-2H3,(H,14,15,16,18). The fraction of sp³-hybridized carbons (Fsp3) is 0.231. The van der Waals surface area contributed by atoms with Gasteiger partial charge in [0.2, 0.25) is 11.9 Å². The molecule has 0 aliphatic carbocycles. The van der Waals surface area contributed by atoms with Crippen LogP contribution in [-0.4, -0.2) is 26.6 Å². The van der Waals surface area contributed by atoms with E-state index in [9.17, 15) is 9.59 Å². The van der Waals surface area contributed by atoms with Crippen LogP contribution in [0.4, 0.5) is 5.95 Å². The van der Waals surface area contributed by atoms with Crippen molar-refractivity contribution in [2.24, 2.45) is 0 Å². The summed E-state index contributed by atoms with van der Waals surface area (Å²) in [6, 6.07) is 7.34. The number of benzene rings is 1. The maximum Gasteiger partial charge on any atom is 0.267 e. The summed E-state index contributed by atoms with van der Waals surface area (Å²) in [4.78, 5) is 28.5. The summed E-state index contributed by atoms with van der Waals surface area (Å²) in [5.41, 5.74) is 1.60. The first-order valence-electron chi connectivity index (χ1n) is 5.92. The van der Waals surface area contributed by atoms with Gasteiger partial charge in [0.25, 0.3) is 5.91 Å². The van der Waals surface area contributed by atoms with Crippen LogP contribution in [0.25, 0.3) is 0 Å². The second-order valence-electron chi connectivity index (χ2n) is 4.51. The van der Waals surface area contributed by atoms with Gasteiger partial charge in [-0.25, -0.2) is 0 Å². The Bertz CT molecular complexity index is 690. The first-order valence-corrected chi connectivity index (χ1v) is 5.92. The van der Waals surface area contributed by atoms with Gasteiger partial charge in [-0.2, -0.15) is 9.67 Å². The first-order chi connectivity index (χ1) is 9.08. The normalized spacial score (nSPS) is 18.1. The molecule has 1 unspecified atom stereocenters. The number of nitrogens with zero attached hydrogens (tertiary/aromatic N) is 3. The SMILES string of the molecule is Cc1nc2n(n1)C(=O)C(c1ccccc1C)C(=O)N2. The minimum atomic E-state index is -0.866. The molecule has 3 rings (SSSR count). The third kappa shape index (κ3) is 1.72. The van der Waals surface area contributed by atoms with Crippen LogP contribution in [0, 0.1) is 13.8 Å². The molecule has 0 saturated carbocycles. The number of aryl methyl sites for hydroxylation is 2. The first kappa shape index (κ1) is 11.6. The lowest BCUT2D eigenvalue weighted by Gasteiger charge is -2.22. The van der Waals surface area contributed by atoms with Crippen LogP contribution in [0.3, 0.4) is 0 Å². The molecule has 0 saturated heterocycles. The van der Waals surface area contributed by atoms with E-state index < -0.39 is 5.92 Å². The van der Waals surface area contributed by atoms with E-state index in [1.807, 2.05) is 25.1 Å². The number of aromatic nitrogens is 3. The molecule has 6 nitrogen and oxygen atoms in total. The summed E-state index contributed by atoms with van der Waals surface area (Å²) >= 11 is 0. The molecule has 1 aliphatic rings. The van der Waals surface area contributed by atoms with Crippen molar-refractivity contribution in [3.05, 3.63) is 41.2 Å². The molecule has 0 spiro atoms. The van der Waals surface area contributed by atoms with Crippen molar-refractivity contribution in [2.45, 2.75) is 19.8 Å². The Morgan fingerprint density at radius 1 is 1.21 bits per heavy atom. The molecule has 0 radical (unpaired) electrons. The summed E-state index contributed by atoms with van der Waals surface area (Å²) in [6.07, 6.45) is 0. The lowest BCUT2D eigenvalue weighted by atomic mass is 9.92. The highest BCUT2D eigenvalue weighted by Gasteiger charge is 2.38. The molecule has 19 heavy (non-hydrogen) atoms. The van der Waals surface area contributed by atoms with Gasteiger partial charge in [0.15, 0.2) is 0 Å². The van der Waals surface area contributed by atoms with Gasteiger partial charge in [0, 0.05) is 0 Å². The quantitative estimate of drug-likeness (QED) is 0.779. The van der Waals surface area contributed by atoms with Crippen LogP contribution in [0.1, 0.15) is 27.7 Å². The van der Waals surface area contributed by atoms with Crippen molar-refractivity contribution >= 4 is 17.8 Å². The maximum atomic E-state index is 12.4. The maximum absolute atomic E-state index is 12.4. The summed E-state index contributed by atoms with van der Waals surface area (Å²) in [7, 11) is 0. The van der Waals surface area contributed by atoms with E-state index in [2.05, 4.69) is 15.4 Å². The Balaban J connectivity index is 2.12. The number of carbonyl (C=O) groups excluding carboxylic acids is 2. The number of rotatable bonds is 1. The molecule has 1 aliphatic heterocycles. The van der Waals surface area contributed by atoms with Crippen LogP contribution < -0.4 is 5.32 Å². The molecule has 1 amide bonds. The van der Waals surface area contributed by atoms with Crippen LogP contribution in [0.15, 0.2) is 24.3 Å². The van der Waals surface area contributed by atoms with Gasteiger partial charge in [-0.15, -0.1) is 5.10 Å². The number of hydrogen-bond acceptors (Lipinski definition) is 4. The van der Waals surface area contributed by atoms with Crippen molar-refractivity contribution in [1.82, 2.24) is 14.8 Å². The fourth-order valence-corrected chi connectivity index (χ4v) is 2.25. The van der Waals surface area contributed by atoms with E-state index >= 15 is 0 Å². The smallest absolute Gasteiger partial charge is 0.267 e. The van der Waals surface area contributed by atoms with Crippen LogP contribution in [-0.2, 0) is 4.79 Å². The number of carbonyl (C=O) groups is 2. The summed E-state index contributed by atoms with van der Waals surface area (Å²) in [6.45, 7) is 3.55. The molecule has 1 N–H and O–H groups in total. The Hall–Kier alpha value is -2.50. The molecule has 6 heteroatoms. The lowest BCUT2D eigenvalue weighted by molar-refractivity contribution is -0.117. The van der Waals surface area contributed by atoms with Gasteiger partial charge >= 0.3 is 0 Å². The van der Waals surface area contributed by atoms with E-state index in [-0.39, 0.29) is 17.8 Å². The Kier molecular flexibility index (Phi) is 2.45. The zero-order valence-electron chi connectivity index (χ0n) is 10.5. The summed E-state index contributed by atoms with van der Waals surface area (Å²) in [5.74, 6) is -0.950. The van der Waals surface area contributed by atoms with E-state index in [4.69, 9.17) is 0 Å². The Morgan fingerprint density at radius 2 is 1.95 bits per heavy atom. The molecule has 0 bridgehead atoms. The second-order valence-corrected chi connectivity index (χ2v) is 4.51. The van der Waals surface area contributed by atoms with Crippen molar-refractivity contribution in [3.8, 4) is 0 Å². The zero-order valence-corrected chi connectivity index (χ0v) is 10.5. The molecule has 96 valence electrons. The average molecular weight is 256 g/mol. The van der Waals surface area contributed by atoms with Crippen LogP contribution >= 0.6 is 0 Å². The van der Waals surface area contributed by atoms with E-state index in [0.717, 1.165) is 10.2 Å². The molecular formula is C13H12N4O2. The van der Waals surface area contributed by atoms with Gasteiger partial charge in [-0.3, -0.25) is 14.9 Å². The van der Waals surface area contributed by atoms with Crippen molar-refractivity contribution < 1.29 is 9.59 Å². The highest BCUT2D eigenvalue weighted by Crippen LogP contribution is 2.27. The Labute approximate surface area is 109 Å². The monoisotopic (exact) mass is 256 g/mol. The molecular weight excluding hydrogens is 244 g/mol. The predicted molar refractivity (Wildman–Crippen MR) is 67.9 cm³/mol. The van der Waals surface area contributed by atoms with E-state index in [1.165, 1.54) is 0 Å². The third-order valence-electron chi connectivity index (χ3n) is 3.17. The minimum Gasteiger partial charge on any atom is -0.293 e. The van der Waals surface area contributed by atoms with Gasteiger partial charge in [0.1, 0.15) is 11.7 Å². The molecule has 1 atom stereocenters. The second kappa shape index (κ2) is 4.01. The molecule has 0 fully saturated rings. The predicted octanol–water partition coefficient (Wildman–Crippen LogP) is 1.27. The lowest BCUT2D eigenvalue weighted by Crippen LogP contribution is -2.38. The summed E-state index contributed by atoms with van der Waals surface area (Å²) in [5, 5.41) is 6.63. The Morgan fingerprint density at radius 3 is 2.68 bits per heavy atom. The van der Waals surface area contributed by atoms with E-state index in [1.54, 1.807) is 13.0 Å². The topological polar surface area (TPSA) is 76.9 Å². The number of hydrogen-bond donors (Lipinski definition) is 1. The van der Waals surface area contributed by atoms with Gasteiger partial charge in [-0.05, 0) is 25.0 Å². The fourth-order valence-electron chi connectivity index (χ4n) is 2.25. The van der Waals surface area contributed by atoms with Crippen LogP contribution in [0.2, 0.25) is 0 Å². The molecule has 1 aromatic heterocycles. The number of nitrogens with one attached hydrogen (secondary N) is 1. The van der Waals surface area contributed by atoms with Gasteiger partial charge in [-0.1, -0.05) is 24.3 Å². The molecule has 2 heterocycles. The number of anilines is 1. The van der Waals surface area contributed by atoms with Crippen molar-refractivity contribution in [2.75, 3.05) is 5.32 Å². The van der Waals surface area contributed by atoms with Crippen LogP contribution in [0.5, 0.6) is 0 Å².